The lowest BCUT2D eigenvalue weighted by atomic mass is 10.2. The van der Waals surface area contributed by atoms with E-state index in [2.05, 4.69) is 41.8 Å². The molecule has 0 radical (unpaired) electrons. The fraction of sp³-hybridized carbons (Fsp3) is 0.500. The summed E-state index contributed by atoms with van der Waals surface area (Å²) in [5, 5.41) is 6.35. The minimum Gasteiger partial charge on any atom is -0.354 e. The second kappa shape index (κ2) is 6.81. The fourth-order valence-corrected chi connectivity index (χ4v) is 2.73. The summed E-state index contributed by atoms with van der Waals surface area (Å²) >= 11 is 1.59. The van der Waals surface area contributed by atoms with E-state index in [0.29, 0.717) is 11.8 Å². The fourth-order valence-electron chi connectivity index (χ4n) is 2.00. The van der Waals surface area contributed by atoms with Crippen LogP contribution in [0.1, 0.15) is 18.4 Å². The molecule has 1 aliphatic heterocycles. The molecule has 1 fully saturated rings. The van der Waals surface area contributed by atoms with Crippen molar-refractivity contribution < 1.29 is 4.79 Å². The number of carbonyl (C=O) groups is 1. The quantitative estimate of drug-likeness (QED) is 0.799. The normalized spacial score (nSPS) is 18.8. The maximum Gasteiger partial charge on any atom is 0.230 e. The van der Waals surface area contributed by atoms with E-state index in [1.54, 1.807) is 11.8 Å². The minimum atomic E-state index is 0.120. The van der Waals surface area contributed by atoms with Crippen LogP contribution in [0.15, 0.2) is 29.2 Å². The van der Waals surface area contributed by atoms with E-state index in [1.807, 2.05) is 0 Å². The summed E-state index contributed by atoms with van der Waals surface area (Å²) in [5.41, 5.74) is 1.25. The zero-order valence-electron chi connectivity index (χ0n) is 10.7. The lowest BCUT2D eigenvalue weighted by molar-refractivity contribution is -0.118. The van der Waals surface area contributed by atoms with Gasteiger partial charge in [-0.1, -0.05) is 17.7 Å². The van der Waals surface area contributed by atoms with Crippen LogP contribution in [-0.4, -0.2) is 30.8 Å². The Hall–Kier alpha value is -1.00. The Morgan fingerprint density at radius 1 is 1.44 bits per heavy atom. The van der Waals surface area contributed by atoms with Gasteiger partial charge in [-0.2, -0.15) is 0 Å². The topological polar surface area (TPSA) is 41.1 Å². The van der Waals surface area contributed by atoms with Crippen LogP contribution in [0.5, 0.6) is 0 Å². The van der Waals surface area contributed by atoms with Crippen molar-refractivity contribution in [1.29, 1.82) is 0 Å². The number of thioether (sulfide) groups is 1. The average molecular weight is 264 g/mol. The van der Waals surface area contributed by atoms with Gasteiger partial charge >= 0.3 is 0 Å². The number of hydrogen-bond acceptors (Lipinski definition) is 3. The third-order valence-electron chi connectivity index (χ3n) is 3.10. The SMILES string of the molecule is Cc1ccc(SCC(=O)NCC2CCCN2)cc1. The van der Waals surface area contributed by atoms with Crippen LogP contribution in [0.25, 0.3) is 0 Å². The van der Waals surface area contributed by atoms with Crippen molar-refractivity contribution in [2.75, 3.05) is 18.8 Å². The van der Waals surface area contributed by atoms with Crippen molar-refractivity contribution in [2.24, 2.45) is 0 Å². The molecule has 1 unspecified atom stereocenters. The third kappa shape index (κ3) is 4.35. The van der Waals surface area contributed by atoms with Crippen molar-refractivity contribution in [1.82, 2.24) is 10.6 Å². The van der Waals surface area contributed by atoms with E-state index in [4.69, 9.17) is 0 Å². The number of benzene rings is 1. The molecule has 2 N–H and O–H groups in total. The Morgan fingerprint density at radius 3 is 2.89 bits per heavy atom. The van der Waals surface area contributed by atoms with Crippen LogP contribution in [0, 0.1) is 6.92 Å². The van der Waals surface area contributed by atoms with Crippen molar-refractivity contribution >= 4 is 17.7 Å². The van der Waals surface area contributed by atoms with Crippen LogP contribution >= 0.6 is 11.8 Å². The molecule has 2 rings (SSSR count). The first-order valence-electron chi connectivity index (χ1n) is 6.43. The Labute approximate surface area is 113 Å². The monoisotopic (exact) mass is 264 g/mol. The van der Waals surface area contributed by atoms with Gasteiger partial charge in [0.15, 0.2) is 0 Å². The lowest BCUT2D eigenvalue weighted by Crippen LogP contribution is -2.37. The average Bonchev–Trinajstić information content (AvgIpc) is 2.89. The van der Waals surface area contributed by atoms with Gasteiger partial charge in [-0.25, -0.2) is 0 Å². The zero-order chi connectivity index (χ0) is 12.8. The highest BCUT2D eigenvalue weighted by atomic mass is 32.2. The number of carbonyl (C=O) groups excluding carboxylic acids is 1. The maximum absolute atomic E-state index is 11.7. The molecule has 0 saturated carbocycles. The predicted octanol–water partition coefficient (Wildman–Crippen LogP) is 1.96. The predicted molar refractivity (Wildman–Crippen MR) is 75.9 cm³/mol. The summed E-state index contributed by atoms with van der Waals surface area (Å²) in [6.07, 6.45) is 2.39. The van der Waals surface area contributed by atoms with Gasteiger partial charge in [-0.3, -0.25) is 4.79 Å². The van der Waals surface area contributed by atoms with Crippen LogP contribution in [0.4, 0.5) is 0 Å². The minimum absolute atomic E-state index is 0.120. The first-order valence-corrected chi connectivity index (χ1v) is 7.42. The Balaban J connectivity index is 1.66. The standard InChI is InChI=1S/C14H20N2OS/c1-11-4-6-13(7-5-11)18-10-14(17)16-9-12-3-2-8-15-12/h4-7,12,15H,2-3,8-10H2,1H3,(H,16,17). The van der Waals surface area contributed by atoms with Gasteiger partial charge in [0.05, 0.1) is 5.75 Å². The Kier molecular flexibility index (Phi) is 5.08. The van der Waals surface area contributed by atoms with Crippen LogP contribution < -0.4 is 10.6 Å². The highest BCUT2D eigenvalue weighted by Crippen LogP contribution is 2.17. The van der Waals surface area contributed by atoms with Crippen LogP contribution in [0.3, 0.4) is 0 Å². The summed E-state index contributed by atoms with van der Waals surface area (Å²) < 4.78 is 0. The second-order valence-electron chi connectivity index (χ2n) is 4.70. The number of aryl methyl sites for hydroxylation is 1. The molecular weight excluding hydrogens is 244 g/mol. The maximum atomic E-state index is 11.7. The van der Waals surface area contributed by atoms with Gasteiger partial charge in [-0.05, 0) is 38.4 Å². The molecule has 0 aliphatic carbocycles. The number of rotatable bonds is 5. The molecular formula is C14H20N2OS. The summed E-state index contributed by atoms with van der Waals surface area (Å²) in [6, 6.07) is 8.74. The van der Waals surface area contributed by atoms with Gasteiger partial charge in [-0.15, -0.1) is 11.8 Å². The van der Waals surface area contributed by atoms with E-state index >= 15 is 0 Å². The molecule has 1 amide bonds. The molecule has 4 heteroatoms. The van der Waals surface area contributed by atoms with Gasteiger partial charge in [0.2, 0.25) is 5.91 Å². The zero-order valence-corrected chi connectivity index (χ0v) is 11.6. The summed E-state index contributed by atoms with van der Waals surface area (Å²) in [7, 11) is 0. The molecule has 1 saturated heterocycles. The van der Waals surface area contributed by atoms with Crippen molar-refractivity contribution in [3.63, 3.8) is 0 Å². The molecule has 3 nitrogen and oxygen atoms in total. The molecule has 1 aromatic carbocycles. The molecule has 1 aromatic rings. The highest BCUT2D eigenvalue weighted by Gasteiger charge is 2.14. The van der Waals surface area contributed by atoms with Crippen molar-refractivity contribution in [3.05, 3.63) is 29.8 Å². The first-order chi connectivity index (χ1) is 8.74. The molecule has 18 heavy (non-hydrogen) atoms. The molecule has 1 aliphatic rings. The highest BCUT2D eigenvalue weighted by molar-refractivity contribution is 8.00. The van der Waals surface area contributed by atoms with Gasteiger partial charge in [0, 0.05) is 17.5 Å². The van der Waals surface area contributed by atoms with E-state index in [0.717, 1.165) is 18.0 Å². The molecule has 0 spiro atoms. The Bertz CT molecular complexity index is 385. The van der Waals surface area contributed by atoms with Crippen molar-refractivity contribution in [2.45, 2.75) is 30.7 Å². The van der Waals surface area contributed by atoms with E-state index < -0.39 is 0 Å². The molecule has 0 bridgehead atoms. The molecule has 1 heterocycles. The summed E-state index contributed by atoms with van der Waals surface area (Å²) in [5.74, 6) is 0.616. The molecule has 98 valence electrons. The smallest absolute Gasteiger partial charge is 0.230 e. The van der Waals surface area contributed by atoms with Gasteiger partial charge in [0.1, 0.15) is 0 Å². The van der Waals surface area contributed by atoms with E-state index in [1.165, 1.54) is 18.4 Å². The molecule has 1 atom stereocenters. The molecule has 0 aromatic heterocycles. The first kappa shape index (κ1) is 13.4. The van der Waals surface area contributed by atoms with Crippen LogP contribution in [0.2, 0.25) is 0 Å². The largest absolute Gasteiger partial charge is 0.354 e. The van der Waals surface area contributed by atoms with Crippen LogP contribution in [-0.2, 0) is 4.79 Å². The second-order valence-corrected chi connectivity index (χ2v) is 5.75. The number of nitrogens with one attached hydrogen (secondary N) is 2. The van der Waals surface area contributed by atoms with Gasteiger partial charge < -0.3 is 10.6 Å². The lowest BCUT2D eigenvalue weighted by Gasteiger charge is -2.11. The third-order valence-corrected chi connectivity index (χ3v) is 4.11. The summed E-state index contributed by atoms with van der Waals surface area (Å²) in [4.78, 5) is 12.8. The van der Waals surface area contributed by atoms with E-state index in [9.17, 15) is 4.79 Å². The number of amides is 1. The van der Waals surface area contributed by atoms with E-state index in [-0.39, 0.29) is 5.91 Å². The summed E-state index contributed by atoms with van der Waals surface area (Å²) in [6.45, 7) is 3.90. The van der Waals surface area contributed by atoms with Crippen molar-refractivity contribution in [3.8, 4) is 0 Å². The Morgan fingerprint density at radius 2 is 2.22 bits per heavy atom. The van der Waals surface area contributed by atoms with Gasteiger partial charge in [0.25, 0.3) is 0 Å². The number of hydrogen-bond donors (Lipinski definition) is 2.